The van der Waals surface area contributed by atoms with Crippen molar-refractivity contribution < 1.29 is 9.90 Å². The lowest BCUT2D eigenvalue weighted by molar-refractivity contribution is -0.138. The molecule has 0 aliphatic carbocycles. The number of hydrogen-bond donors (Lipinski definition) is 1. The molecule has 0 radical (unpaired) electrons. The Labute approximate surface area is 113 Å². The van der Waals surface area contributed by atoms with E-state index in [0.717, 1.165) is 24.1 Å². The van der Waals surface area contributed by atoms with Gasteiger partial charge in [0.1, 0.15) is 0 Å². The summed E-state index contributed by atoms with van der Waals surface area (Å²) in [7, 11) is 0. The minimum atomic E-state index is -0.613. The molecular formula is C14H23NO2S. The summed E-state index contributed by atoms with van der Waals surface area (Å²) in [4.78, 5) is 13.7. The molecule has 3 heterocycles. The average Bonchev–Trinajstić information content (AvgIpc) is 2.80. The van der Waals surface area contributed by atoms with Gasteiger partial charge in [-0.3, -0.25) is 9.69 Å². The summed E-state index contributed by atoms with van der Waals surface area (Å²) in [6.07, 6.45) is 6.56. The van der Waals surface area contributed by atoms with Gasteiger partial charge < -0.3 is 5.11 Å². The number of hydrogen-bond acceptors (Lipinski definition) is 3. The summed E-state index contributed by atoms with van der Waals surface area (Å²) in [5, 5.41) is 9.73. The largest absolute Gasteiger partial charge is 0.481 e. The Morgan fingerprint density at radius 1 is 1.28 bits per heavy atom. The highest BCUT2D eigenvalue weighted by Gasteiger charge is 2.46. The maximum Gasteiger partial charge on any atom is 0.303 e. The van der Waals surface area contributed by atoms with Gasteiger partial charge in [-0.1, -0.05) is 6.92 Å². The number of fused-ring (bicyclic) bond motifs is 2. The number of aliphatic carboxylic acids is 1. The number of thioether (sulfide) groups is 1. The summed E-state index contributed by atoms with van der Waals surface area (Å²) in [5.74, 6) is 1.12. The van der Waals surface area contributed by atoms with Gasteiger partial charge in [0, 0.05) is 29.8 Å². The number of carboxylic acid groups (broad SMARTS) is 1. The Morgan fingerprint density at radius 3 is 2.44 bits per heavy atom. The maximum absolute atomic E-state index is 10.9. The van der Waals surface area contributed by atoms with Crippen LogP contribution in [0.3, 0.4) is 0 Å². The maximum atomic E-state index is 10.9. The first-order valence-electron chi connectivity index (χ1n) is 7.26. The fourth-order valence-corrected chi connectivity index (χ4v) is 5.64. The first-order chi connectivity index (χ1) is 8.65. The van der Waals surface area contributed by atoms with Crippen LogP contribution >= 0.6 is 11.8 Å². The minimum absolute atomic E-state index is 0.385. The Kier molecular flexibility index (Phi) is 3.59. The second-order valence-electron chi connectivity index (χ2n) is 6.20. The van der Waals surface area contributed by atoms with Gasteiger partial charge in [-0.2, -0.15) is 11.8 Å². The highest BCUT2D eigenvalue weighted by molar-refractivity contribution is 8.00. The van der Waals surface area contributed by atoms with Gasteiger partial charge in [0.05, 0.1) is 0 Å². The van der Waals surface area contributed by atoms with Crippen LogP contribution in [0.1, 0.15) is 45.4 Å². The van der Waals surface area contributed by atoms with E-state index >= 15 is 0 Å². The molecule has 0 amide bonds. The van der Waals surface area contributed by atoms with Gasteiger partial charge >= 0.3 is 5.97 Å². The smallest absolute Gasteiger partial charge is 0.303 e. The lowest BCUT2D eigenvalue weighted by Gasteiger charge is -2.43. The summed E-state index contributed by atoms with van der Waals surface area (Å²) in [5.41, 5.74) is 0. The van der Waals surface area contributed by atoms with Crippen LogP contribution in [0.25, 0.3) is 0 Å². The van der Waals surface area contributed by atoms with Gasteiger partial charge in [-0.05, 0) is 43.8 Å². The van der Waals surface area contributed by atoms with Crippen LogP contribution in [0.2, 0.25) is 0 Å². The van der Waals surface area contributed by atoms with Crippen molar-refractivity contribution >= 4 is 17.7 Å². The highest BCUT2D eigenvalue weighted by atomic mass is 32.2. The highest BCUT2D eigenvalue weighted by Crippen LogP contribution is 2.45. The molecule has 3 rings (SSSR count). The van der Waals surface area contributed by atoms with Gasteiger partial charge in [-0.25, -0.2) is 0 Å². The normalized spacial score (nSPS) is 44.4. The van der Waals surface area contributed by atoms with Crippen molar-refractivity contribution in [3.05, 3.63) is 0 Å². The molecule has 3 saturated heterocycles. The molecule has 4 heteroatoms. The topological polar surface area (TPSA) is 40.5 Å². The van der Waals surface area contributed by atoms with E-state index in [1.165, 1.54) is 25.0 Å². The van der Waals surface area contributed by atoms with Crippen molar-refractivity contribution in [2.75, 3.05) is 5.75 Å². The number of piperidine rings is 1. The molecule has 1 N–H and O–H groups in total. The molecule has 4 unspecified atom stereocenters. The van der Waals surface area contributed by atoms with E-state index in [1.807, 2.05) is 0 Å². The SMILES string of the molecule is CC1SCCC1N1C2CCC1CC(CC(=O)O)C2. The van der Waals surface area contributed by atoms with Crippen molar-refractivity contribution in [1.29, 1.82) is 0 Å². The van der Waals surface area contributed by atoms with Crippen molar-refractivity contribution in [2.45, 2.75) is 68.8 Å². The molecular weight excluding hydrogens is 246 g/mol. The van der Waals surface area contributed by atoms with Crippen molar-refractivity contribution in [2.24, 2.45) is 5.92 Å². The Bertz CT molecular complexity index is 322. The van der Waals surface area contributed by atoms with Crippen LogP contribution in [-0.2, 0) is 4.79 Å². The molecule has 3 aliphatic rings. The summed E-state index contributed by atoms with van der Waals surface area (Å²) in [6.45, 7) is 2.37. The number of carboxylic acids is 1. The predicted molar refractivity (Wildman–Crippen MR) is 74.0 cm³/mol. The zero-order valence-electron chi connectivity index (χ0n) is 11.0. The molecule has 4 atom stereocenters. The first kappa shape index (κ1) is 12.8. The molecule has 0 saturated carbocycles. The van der Waals surface area contributed by atoms with E-state index in [-0.39, 0.29) is 0 Å². The zero-order valence-corrected chi connectivity index (χ0v) is 11.9. The van der Waals surface area contributed by atoms with Crippen molar-refractivity contribution in [3.8, 4) is 0 Å². The van der Waals surface area contributed by atoms with E-state index in [0.29, 0.717) is 24.4 Å². The third-order valence-corrected chi connectivity index (χ3v) is 6.38. The van der Waals surface area contributed by atoms with E-state index in [4.69, 9.17) is 5.11 Å². The zero-order chi connectivity index (χ0) is 12.7. The molecule has 0 spiro atoms. The molecule has 0 aromatic rings. The number of nitrogens with zero attached hydrogens (tertiary/aromatic N) is 1. The van der Waals surface area contributed by atoms with Gasteiger partial charge in [0.2, 0.25) is 0 Å². The Morgan fingerprint density at radius 2 is 1.94 bits per heavy atom. The Balaban J connectivity index is 1.67. The summed E-state index contributed by atoms with van der Waals surface area (Å²) in [6, 6.07) is 2.12. The van der Waals surface area contributed by atoms with Crippen LogP contribution in [0.15, 0.2) is 0 Å². The third kappa shape index (κ3) is 2.29. The van der Waals surface area contributed by atoms with Gasteiger partial charge in [0.25, 0.3) is 0 Å². The lowest BCUT2D eigenvalue weighted by Crippen LogP contribution is -2.50. The van der Waals surface area contributed by atoms with Crippen LogP contribution in [0.4, 0.5) is 0 Å². The fourth-order valence-electron chi connectivity index (χ4n) is 4.39. The molecule has 18 heavy (non-hydrogen) atoms. The fraction of sp³-hybridized carbons (Fsp3) is 0.929. The molecule has 3 nitrogen and oxygen atoms in total. The number of carbonyl (C=O) groups is 1. The van der Waals surface area contributed by atoms with E-state index in [2.05, 4.69) is 23.6 Å². The molecule has 2 bridgehead atoms. The Hall–Kier alpha value is -0.220. The lowest BCUT2D eigenvalue weighted by atomic mass is 9.86. The van der Waals surface area contributed by atoms with Crippen LogP contribution < -0.4 is 0 Å². The van der Waals surface area contributed by atoms with Crippen molar-refractivity contribution in [3.63, 3.8) is 0 Å². The summed E-state index contributed by atoms with van der Waals surface area (Å²) >= 11 is 2.11. The molecule has 0 aromatic carbocycles. The van der Waals surface area contributed by atoms with E-state index in [9.17, 15) is 4.79 Å². The van der Waals surface area contributed by atoms with Crippen LogP contribution in [0.5, 0.6) is 0 Å². The van der Waals surface area contributed by atoms with Crippen LogP contribution in [-0.4, -0.2) is 45.1 Å². The molecule has 3 aliphatic heterocycles. The van der Waals surface area contributed by atoms with Crippen molar-refractivity contribution in [1.82, 2.24) is 4.90 Å². The number of rotatable bonds is 3. The second kappa shape index (κ2) is 5.04. The van der Waals surface area contributed by atoms with Crippen LogP contribution in [0, 0.1) is 5.92 Å². The van der Waals surface area contributed by atoms with Gasteiger partial charge in [0.15, 0.2) is 0 Å². The molecule has 0 aromatic heterocycles. The summed E-state index contributed by atoms with van der Waals surface area (Å²) < 4.78 is 0. The van der Waals surface area contributed by atoms with Gasteiger partial charge in [-0.15, -0.1) is 0 Å². The third-order valence-electron chi connectivity index (χ3n) is 5.07. The second-order valence-corrected chi connectivity index (χ2v) is 7.68. The average molecular weight is 269 g/mol. The molecule has 102 valence electrons. The predicted octanol–water partition coefficient (Wildman–Crippen LogP) is 2.60. The van der Waals surface area contributed by atoms with E-state index in [1.54, 1.807) is 0 Å². The minimum Gasteiger partial charge on any atom is -0.481 e. The molecule has 3 fully saturated rings. The standard InChI is InChI=1S/C14H23NO2S/c1-9-13(4-5-18-9)15-11-2-3-12(15)7-10(6-11)8-14(16)17/h9-13H,2-8H2,1H3,(H,16,17). The quantitative estimate of drug-likeness (QED) is 0.855. The monoisotopic (exact) mass is 269 g/mol. The first-order valence-corrected chi connectivity index (χ1v) is 8.31. The van der Waals surface area contributed by atoms with E-state index < -0.39 is 5.97 Å².